The SMILES string of the molecule is CN=C(NCCCc1nc(C)cs1)N1CCN(c2cnn(C)c2)C(=O)C1. The van der Waals surface area contributed by atoms with Gasteiger partial charge in [0.1, 0.15) is 6.54 Å². The predicted molar refractivity (Wildman–Crippen MR) is 104 cm³/mol. The van der Waals surface area contributed by atoms with Gasteiger partial charge in [0, 0.05) is 57.4 Å². The van der Waals surface area contributed by atoms with Gasteiger partial charge in [-0.25, -0.2) is 4.98 Å². The smallest absolute Gasteiger partial charge is 0.246 e. The molecule has 3 heterocycles. The molecule has 0 aromatic carbocycles. The Balaban J connectivity index is 1.47. The van der Waals surface area contributed by atoms with E-state index in [9.17, 15) is 4.79 Å². The quantitative estimate of drug-likeness (QED) is 0.480. The van der Waals surface area contributed by atoms with E-state index in [1.165, 1.54) is 5.01 Å². The van der Waals surface area contributed by atoms with Crippen molar-refractivity contribution in [3.05, 3.63) is 28.5 Å². The molecule has 0 spiro atoms. The number of aryl methyl sites for hydroxylation is 3. The van der Waals surface area contributed by atoms with Crippen LogP contribution in [0.2, 0.25) is 0 Å². The molecule has 2 aromatic rings. The van der Waals surface area contributed by atoms with Crippen LogP contribution in [0.15, 0.2) is 22.8 Å². The summed E-state index contributed by atoms with van der Waals surface area (Å²) in [5, 5.41) is 10.7. The minimum Gasteiger partial charge on any atom is -0.356 e. The lowest BCUT2D eigenvalue weighted by Crippen LogP contribution is -2.55. The topological polar surface area (TPSA) is 78.7 Å². The van der Waals surface area contributed by atoms with Gasteiger partial charge in [-0.05, 0) is 13.3 Å². The number of hydrogen-bond acceptors (Lipinski definition) is 5. The molecular weight excluding hydrogens is 350 g/mol. The fourth-order valence-corrected chi connectivity index (χ4v) is 3.78. The molecule has 1 N–H and O–H groups in total. The lowest BCUT2D eigenvalue weighted by atomic mass is 10.3. The van der Waals surface area contributed by atoms with Gasteiger partial charge in [0.25, 0.3) is 0 Å². The fraction of sp³-hybridized carbons (Fsp3) is 0.529. The number of aromatic nitrogens is 3. The highest BCUT2D eigenvalue weighted by Gasteiger charge is 2.27. The average Bonchev–Trinajstić information content (AvgIpc) is 3.23. The zero-order valence-corrected chi connectivity index (χ0v) is 16.3. The van der Waals surface area contributed by atoms with E-state index in [0.717, 1.165) is 43.3 Å². The van der Waals surface area contributed by atoms with E-state index in [1.54, 1.807) is 34.2 Å². The molecule has 140 valence electrons. The zero-order chi connectivity index (χ0) is 18.5. The van der Waals surface area contributed by atoms with Gasteiger partial charge in [-0.3, -0.25) is 14.5 Å². The molecule has 1 aliphatic heterocycles. The molecule has 0 saturated carbocycles. The van der Waals surface area contributed by atoms with E-state index in [2.05, 4.69) is 25.8 Å². The highest BCUT2D eigenvalue weighted by molar-refractivity contribution is 7.09. The number of carbonyl (C=O) groups is 1. The highest BCUT2D eigenvalue weighted by Crippen LogP contribution is 2.16. The van der Waals surface area contributed by atoms with Gasteiger partial charge in [-0.15, -0.1) is 11.3 Å². The molecule has 0 atom stereocenters. The van der Waals surface area contributed by atoms with Crippen molar-refractivity contribution in [3.63, 3.8) is 0 Å². The van der Waals surface area contributed by atoms with Crippen molar-refractivity contribution >= 4 is 28.9 Å². The van der Waals surface area contributed by atoms with Gasteiger partial charge in [0.05, 0.1) is 16.9 Å². The molecular formula is C17H25N7OS. The summed E-state index contributed by atoms with van der Waals surface area (Å²) in [6.45, 7) is 4.51. The second-order valence-corrected chi connectivity index (χ2v) is 7.24. The van der Waals surface area contributed by atoms with Crippen molar-refractivity contribution in [1.82, 2.24) is 25.0 Å². The fourth-order valence-electron chi connectivity index (χ4n) is 2.96. The summed E-state index contributed by atoms with van der Waals surface area (Å²) in [4.78, 5) is 25.1. The number of piperazine rings is 1. The number of nitrogens with one attached hydrogen (secondary N) is 1. The number of amides is 1. The summed E-state index contributed by atoms with van der Waals surface area (Å²) in [7, 11) is 3.60. The summed E-state index contributed by atoms with van der Waals surface area (Å²) < 4.78 is 1.71. The number of carbonyl (C=O) groups excluding carboxylic acids is 1. The Labute approximate surface area is 157 Å². The number of aliphatic imine (C=N–C) groups is 1. The third-order valence-electron chi connectivity index (χ3n) is 4.25. The Bertz CT molecular complexity index is 782. The second kappa shape index (κ2) is 8.31. The molecule has 1 aliphatic rings. The monoisotopic (exact) mass is 375 g/mol. The van der Waals surface area contributed by atoms with Crippen LogP contribution >= 0.6 is 11.3 Å². The predicted octanol–water partition coefficient (Wildman–Crippen LogP) is 1.04. The highest BCUT2D eigenvalue weighted by atomic mass is 32.1. The van der Waals surface area contributed by atoms with Crippen LogP contribution in [0.5, 0.6) is 0 Å². The first-order valence-electron chi connectivity index (χ1n) is 8.72. The van der Waals surface area contributed by atoms with Gasteiger partial charge in [-0.1, -0.05) is 0 Å². The normalized spacial score (nSPS) is 15.7. The third kappa shape index (κ3) is 4.40. The first-order chi connectivity index (χ1) is 12.6. The molecule has 8 nitrogen and oxygen atoms in total. The molecule has 0 unspecified atom stereocenters. The standard InChI is InChI=1S/C17H25N7OS/c1-13-12-26-15(21-13)5-4-6-19-17(18-2)23-7-8-24(16(25)11-23)14-9-20-22(3)10-14/h9-10,12H,4-8,11H2,1-3H3,(H,18,19). The Morgan fingerprint density at radius 3 is 2.88 bits per heavy atom. The molecule has 1 fully saturated rings. The van der Waals surface area contributed by atoms with Crippen molar-refractivity contribution in [1.29, 1.82) is 0 Å². The first kappa shape index (κ1) is 18.4. The van der Waals surface area contributed by atoms with Crippen molar-refractivity contribution < 1.29 is 4.79 Å². The number of hydrogen-bond donors (Lipinski definition) is 1. The Morgan fingerprint density at radius 1 is 1.42 bits per heavy atom. The molecule has 0 radical (unpaired) electrons. The van der Waals surface area contributed by atoms with Crippen molar-refractivity contribution in [2.24, 2.45) is 12.0 Å². The molecule has 9 heteroatoms. The average molecular weight is 376 g/mol. The van der Waals surface area contributed by atoms with Crippen LogP contribution in [0.4, 0.5) is 5.69 Å². The summed E-state index contributed by atoms with van der Waals surface area (Å²) in [6.07, 6.45) is 5.52. The van der Waals surface area contributed by atoms with Crippen LogP contribution in [0, 0.1) is 6.92 Å². The molecule has 1 amide bonds. The van der Waals surface area contributed by atoms with Gasteiger partial charge in [0.15, 0.2) is 5.96 Å². The van der Waals surface area contributed by atoms with E-state index in [-0.39, 0.29) is 5.91 Å². The maximum Gasteiger partial charge on any atom is 0.246 e. The molecule has 26 heavy (non-hydrogen) atoms. The second-order valence-electron chi connectivity index (χ2n) is 6.30. The Hall–Kier alpha value is -2.42. The molecule has 1 saturated heterocycles. The van der Waals surface area contributed by atoms with Crippen molar-refractivity contribution in [2.75, 3.05) is 38.1 Å². The largest absolute Gasteiger partial charge is 0.356 e. The molecule has 3 rings (SSSR count). The van der Waals surface area contributed by atoms with Crippen LogP contribution in [0.25, 0.3) is 0 Å². The lowest BCUT2D eigenvalue weighted by molar-refractivity contribution is -0.120. The lowest BCUT2D eigenvalue weighted by Gasteiger charge is -2.35. The van der Waals surface area contributed by atoms with Gasteiger partial charge >= 0.3 is 0 Å². The molecule has 0 bridgehead atoms. The van der Waals surface area contributed by atoms with E-state index >= 15 is 0 Å². The summed E-state index contributed by atoms with van der Waals surface area (Å²) in [6, 6.07) is 0. The summed E-state index contributed by atoms with van der Waals surface area (Å²) >= 11 is 1.71. The van der Waals surface area contributed by atoms with Crippen LogP contribution in [-0.2, 0) is 18.3 Å². The summed E-state index contributed by atoms with van der Waals surface area (Å²) in [5.74, 6) is 0.838. The zero-order valence-electron chi connectivity index (χ0n) is 15.5. The Kier molecular flexibility index (Phi) is 5.87. The maximum absolute atomic E-state index is 12.5. The number of rotatable bonds is 5. The number of anilines is 1. The van der Waals surface area contributed by atoms with Crippen molar-refractivity contribution in [2.45, 2.75) is 19.8 Å². The first-order valence-corrected chi connectivity index (χ1v) is 9.60. The van der Waals surface area contributed by atoms with E-state index < -0.39 is 0 Å². The third-order valence-corrected chi connectivity index (χ3v) is 5.28. The van der Waals surface area contributed by atoms with E-state index in [4.69, 9.17) is 0 Å². The minimum atomic E-state index is 0.0606. The summed E-state index contributed by atoms with van der Waals surface area (Å²) in [5.41, 5.74) is 1.93. The minimum absolute atomic E-state index is 0.0606. The van der Waals surface area contributed by atoms with Crippen LogP contribution < -0.4 is 10.2 Å². The van der Waals surface area contributed by atoms with Gasteiger partial charge < -0.3 is 15.1 Å². The Morgan fingerprint density at radius 2 is 2.27 bits per heavy atom. The molecule has 2 aromatic heterocycles. The van der Waals surface area contributed by atoms with E-state index in [0.29, 0.717) is 13.1 Å². The number of nitrogens with zero attached hydrogens (tertiary/aromatic N) is 6. The van der Waals surface area contributed by atoms with Gasteiger partial charge in [0.2, 0.25) is 5.91 Å². The van der Waals surface area contributed by atoms with Crippen molar-refractivity contribution in [3.8, 4) is 0 Å². The van der Waals surface area contributed by atoms with Crippen LogP contribution in [0.3, 0.4) is 0 Å². The molecule has 0 aliphatic carbocycles. The number of thiazole rings is 1. The van der Waals surface area contributed by atoms with Crippen LogP contribution in [0.1, 0.15) is 17.1 Å². The van der Waals surface area contributed by atoms with Gasteiger partial charge in [-0.2, -0.15) is 5.10 Å². The van der Waals surface area contributed by atoms with Crippen LogP contribution in [-0.4, -0.2) is 64.8 Å². The maximum atomic E-state index is 12.5. The van der Waals surface area contributed by atoms with E-state index in [1.807, 2.05) is 25.1 Å². The number of guanidine groups is 1.